The largest absolute Gasteiger partial charge is 0.444 e. The van der Waals surface area contributed by atoms with E-state index in [-0.39, 0.29) is 17.7 Å². The molecule has 1 fully saturated rings. The van der Waals surface area contributed by atoms with E-state index >= 15 is 0 Å². The van der Waals surface area contributed by atoms with Crippen molar-refractivity contribution in [1.82, 2.24) is 4.90 Å². The Labute approximate surface area is 115 Å². The van der Waals surface area contributed by atoms with Crippen LogP contribution < -0.4 is 0 Å². The van der Waals surface area contributed by atoms with Gasteiger partial charge in [-0.15, -0.1) is 6.58 Å². The van der Waals surface area contributed by atoms with Gasteiger partial charge in [0, 0.05) is 0 Å². The van der Waals surface area contributed by atoms with Crippen LogP contribution in [0.1, 0.15) is 33.6 Å². The minimum absolute atomic E-state index is 0.0150. The van der Waals surface area contributed by atoms with Gasteiger partial charge in [-0.25, -0.2) is 4.79 Å². The number of carbonyl (C=O) groups is 1. The molecule has 2 atom stereocenters. The molecule has 0 bridgehead atoms. The third-order valence-corrected chi connectivity index (χ3v) is 3.54. The Hall–Kier alpha value is -1.29. The molecule has 0 N–H and O–H groups in total. The second kappa shape index (κ2) is 5.00. The number of ether oxygens (including phenoxy) is 2. The lowest BCUT2D eigenvalue weighted by molar-refractivity contribution is -0.0119. The number of hydrogen-bond donors (Lipinski definition) is 0. The summed E-state index contributed by atoms with van der Waals surface area (Å²) in [7, 11) is 0. The fraction of sp³-hybridized carbons (Fsp3) is 0.667. The van der Waals surface area contributed by atoms with Crippen LogP contribution in [0, 0.1) is 0 Å². The number of rotatable bonds is 1. The summed E-state index contributed by atoms with van der Waals surface area (Å²) in [5, 5.41) is 0. The van der Waals surface area contributed by atoms with Crippen LogP contribution >= 0.6 is 0 Å². The highest BCUT2D eigenvalue weighted by molar-refractivity contribution is 5.71. The van der Waals surface area contributed by atoms with Gasteiger partial charge < -0.3 is 9.47 Å². The van der Waals surface area contributed by atoms with Crippen molar-refractivity contribution in [2.24, 2.45) is 0 Å². The van der Waals surface area contributed by atoms with Gasteiger partial charge in [0.1, 0.15) is 5.60 Å². The lowest BCUT2D eigenvalue weighted by Gasteiger charge is -2.40. The fourth-order valence-corrected chi connectivity index (χ4v) is 2.75. The topological polar surface area (TPSA) is 38.8 Å². The minimum Gasteiger partial charge on any atom is -0.444 e. The lowest BCUT2D eigenvalue weighted by Crippen LogP contribution is -2.54. The second-order valence-electron chi connectivity index (χ2n) is 6.21. The fourth-order valence-electron chi connectivity index (χ4n) is 2.75. The molecule has 0 aromatic rings. The molecule has 1 amide bonds. The molecule has 19 heavy (non-hydrogen) atoms. The Morgan fingerprint density at radius 3 is 2.84 bits per heavy atom. The van der Waals surface area contributed by atoms with Crippen molar-refractivity contribution in [3.05, 3.63) is 24.8 Å². The smallest absolute Gasteiger partial charge is 0.411 e. The first kappa shape index (κ1) is 14.1. The Bertz CT molecular complexity index is 397. The number of amides is 1. The maximum atomic E-state index is 12.5. The maximum absolute atomic E-state index is 12.5. The van der Waals surface area contributed by atoms with E-state index in [2.05, 4.69) is 12.7 Å². The molecule has 106 valence electrons. The van der Waals surface area contributed by atoms with Crippen molar-refractivity contribution >= 4 is 6.09 Å². The molecule has 2 rings (SSSR count). The number of nitrogens with zero attached hydrogens (tertiary/aromatic N) is 1. The molecule has 2 aliphatic rings. The zero-order chi connectivity index (χ0) is 14.1. The molecular weight excluding hydrogens is 242 g/mol. The molecule has 0 unspecified atom stereocenters. The van der Waals surface area contributed by atoms with E-state index in [0.29, 0.717) is 13.2 Å². The van der Waals surface area contributed by atoms with Gasteiger partial charge in [-0.3, -0.25) is 4.90 Å². The first-order valence-corrected chi connectivity index (χ1v) is 6.78. The molecule has 0 aliphatic carbocycles. The summed E-state index contributed by atoms with van der Waals surface area (Å²) in [5.74, 6) is 0. The summed E-state index contributed by atoms with van der Waals surface area (Å²) >= 11 is 0. The average Bonchev–Trinajstić information content (AvgIpc) is 2.66. The molecule has 1 saturated heterocycles. The van der Waals surface area contributed by atoms with Crippen LogP contribution in [0.4, 0.5) is 4.79 Å². The van der Waals surface area contributed by atoms with Crippen LogP contribution in [0.3, 0.4) is 0 Å². The predicted octanol–water partition coefficient (Wildman–Crippen LogP) is 2.90. The molecule has 2 heterocycles. The molecule has 1 spiro atoms. The van der Waals surface area contributed by atoms with Gasteiger partial charge in [-0.2, -0.15) is 0 Å². The van der Waals surface area contributed by atoms with Crippen molar-refractivity contribution in [3.8, 4) is 0 Å². The number of likely N-dealkylation sites (tertiary alicyclic amines) is 1. The second-order valence-corrected chi connectivity index (χ2v) is 6.21. The molecule has 4 heteroatoms. The Morgan fingerprint density at radius 2 is 2.32 bits per heavy atom. The summed E-state index contributed by atoms with van der Waals surface area (Å²) in [6.07, 6.45) is 7.39. The van der Waals surface area contributed by atoms with Gasteiger partial charge in [0.2, 0.25) is 0 Å². The van der Waals surface area contributed by atoms with Crippen LogP contribution in [0.25, 0.3) is 0 Å². The van der Waals surface area contributed by atoms with Gasteiger partial charge in [0.25, 0.3) is 0 Å². The summed E-state index contributed by atoms with van der Waals surface area (Å²) in [5.41, 5.74) is -0.856. The first-order chi connectivity index (χ1) is 8.88. The van der Waals surface area contributed by atoms with Crippen LogP contribution in [-0.4, -0.2) is 41.4 Å². The lowest BCUT2D eigenvalue weighted by atomic mass is 9.95. The van der Waals surface area contributed by atoms with Crippen molar-refractivity contribution in [2.45, 2.75) is 50.8 Å². The first-order valence-electron chi connectivity index (χ1n) is 6.78. The number of carbonyl (C=O) groups excluding carboxylic acids is 1. The summed E-state index contributed by atoms with van der Waals surface area (Å²) < 4.78 is 11.1. The Kier molecular flexibility index (Phi) is 3.72. The Morgan fingerprint density at radius 1 is 1.58 bits per heavy atom. The van der Waals surface area contributed by atoms with Crippen LogP contribution in [-0.2, 0) is 9.47 Å². The molecular formula is C15H23NO3. The average molecular weight is 265 g/mol. The minimum atomic E-state index is -0.494. The summed E-state index contributed by atoms with van der Waals surface area (Å²) in [6.45, 7) is 10.6. The van der Waals surface area contributed by atoms with Gasteiger partial charge in [-0.1, -0.05) is 18.2 Å². The van der Waals surface area contributed by atoms with E-state index < -0.39 is 5.60 Å². The van der Waals surface area contributed by atoms with E-state index in [1.54, 1.807) is 4.90 Å². The van der Waals surface area contributed by atoms with Crippen molar-refractivity contribution in [1.29, 1.82) is 0 Å². The van der Waals surface area contributed by atoms with Gasteiger partial charge >= 0.3 is 6.09 Å². The number of hydrogen-bond acceptors (Lipinski definition) is 3. The van der Waals surface area contributed by atoms with Crippen LogP contribution in [0.2, 0.25) is 0 Å². The zero-order valence-electron chi connectivity index (χ0n) is 12.0. The normalized spacial score (nSPS) is 30.7. The molecule has 0 saturated carbocycles. The molecule has 0 radical (unpaired) electrons. The van der Waals surface area contributed by atoms with Crippen molar-refractivity contribution in [2.75, 3.05) is 13.2 Å². The van der Waals surface area contributed by atoms with E-state index in [4.69, 9.17) is 9.47 Å². The van der Waals surface area contributed by atoms with E-state index in [1.165, 1.54) is 0 Å². The summed E-state index contributed by atoms with van der Waals surface area (Å²) in [4.78, 5) is 14.3. The highest BCUT2D eigenvalue weighted by Gasteiger charge is 2.48. The molecule has 2 aliphatic heterocycles. The van der Waals surface area contributed by atoms with Gasteiger partial charge in [0.05, 0.1) is 24.8 Å². The van der Waals surface area contributed by atoms with Crippen molar-refractivity contribution < 1.29 is 14.3 Å². The molecule has 0 aromatic heterocycles. The quantitative estimate of drug-likeness (QED) is 0.684. The Balaban J connectivity index is 2.25. The van der Waals surface area contributed by atoms with E-state index in [0.717, 1.165) is 12.8 Å². The van der Waals surface area contributed by atoms with Gasteiger partial charge in [-0.05, 0) is 33.6 Å². The van der Waals surface area contributed by atoms with Crippen LogP contribution in [0.15, 0.2) is 24.8 Å². The maximum Gasteiger partial charge on any atom is 0.411 e. The monoisotopic (exact) mass is 265 g/mol. The van der Waals surface area contributed by atoms with Gasteiger partial charge in [0.15, 0.2) is 0 Å². The standard InChI is InChI=1S/C15H23NO3/c1-5-12-7-9-15(8-6-10-18-11-15)16(12)13(17)19-14(2,3)4/h5-6,8,12H,1,7,9-11H2,2-4H3/t12-,15+/m0/s1. The SMILES string of the molecule is C=C[C@H]1CC[C@@]2(C=CCOC2)N1C(=O)OC(C)(C)C. The predicted molar refractivity (Wildman–Crippen MR) is 74.0 cm³/mol. The van der Waals surface area contributed by atoms with Crippen LogP contribution in [0.5, 0.6) is 0 Å². The van der Waals surface area contributed by atoms with E-state index in [1.807, 2.05) is 32.9 Å². The van der Waals surface area contributed by atoms with E-state index in [9.17, 15) is 4.79 Å². The zero-order valence-corrected chi connectivity index (χ0v) is 12.0. The van der Waals surface area contributed by atoms with Crippen molar-refractivity contribution in [3.63, 3.8) is 0 Å². The summed E-state index contributed by atoms with van der Waals surface area (Å²) in [6, 6.07) is 0.0150. The molecule has 0 aromatic carbocycles. The molecule has 4 nitrogen and oxygen atoms in total. The third kappa shape index (κ3) is 2.84. The third-order valence-electron chi connectivity index (χ3n) is 3.54. The highest BCUT2D eigenvalue weighted by Crippen LogP contribution is 2.38. The highest BCUT2D eigenvalue weighted by atomic mass is 16.6.